The zero-order chi connectivity index (χ0) is 11.7. The number of benzene rings is 1. The monoisotopic (exact) mass is 304 g/mol. The third-order valence-corrected chi connectivity index (χ3v) is 4.22. The van der Waals surface area contributed by atoms with Gasteiger partial charge in [0.1, 0.15) is 0 Å². The minimum atomic E-state index is 0. The van der Waals surface area contributed by atoms with Crippen LogP contribution < -0.4 is 0 Å². The van der Waals surface area contributed by atoms with E-state index >= 15 is 0 Å². The summed E-state index contributed by atoms with van der Waals surface area (Å²) < 4.78 is 0. The van der Waals surface area contributed by atoms with Gasteiger partial charge >= 0.3 is 0 Å². The Morgan fingerprint density at radius 3 is 2.47 bits per heavy atom. The van der Waals surface area contributed by atoms with Gasteiger partial charge in [0.25, 0.3) is 0 Å². The first-order valence-electron chi connectivity index (χ1n) is 6.47. The summed E-state index contributed by atoms with van der Waals surface area (Å²) in [4.78, 5) is 0. The number of hydrogen-bond acceptors (Lipinski definition) is 0. The van der Waals surface area contributed by atoms with Gasteiger partial charge in [0.15, 0.2) is 0 Å². The Hall–Kier alpha value is 0.324. The van der Waals surface area contributed by atoms with Crippen molar-refractivity contribution in [2.45, 2.75) is 52.9 Å². The molecule has 0 N–H and O–H groups in total. The molecule has 0 bridgehead atoms. The molecule has 2 rings (SSSR count). The third kappa shape index (κ3) is 3.64. The fraction of sp³-hybridized carbons (Fsp3) is 0.562. The molecule has 0 nitrogen and oxygen atoms in total. The fourth-order valence-electron chi connectivity index (χ4n) is 2.94. The van der Waals surface area contributed by atoms with Crippen LogP contribution in [-0.2, 0) is 32.7 Å². The van der Waals surface area contributed by atoms with Crippen molar-refractivity contribution in [1.29, 1.82) is 0 Å². The zero-order valence-corrected chi connectivity index (χ0v) is 14.4. The molecule has 17 heavy (non-hydrogen) atoms. The average molecular weight is 304 g/mol. The first-order chi connectivity index (χ1) is 7.58. The molecule has 2 atom stereocenters. The van der Waals surface area contributed by atoms with Gasteiger partial charge in [0.05, 0.1) is 0 Å². The minimum Gasteiger partial charge on any atom is -0.313 e. The van der Waals surface area contributed by atoms with Gasteiger partial charge in [-0.1, -0.05) is 43.5 Å². The topological polar surface area (TPSA) is 0 Å². The smallest absolute Gasteiger partial charge is 0 e. The van der Waals surface area contributed by atoms with Crippen LogP contribution in [0.3, 0.4) is 0 Å². The third-order valence-electron chi connectivity index (χ3n) is 4.22. The summed E-state index contributed by atoms with van der Waals surface area (Å²) in [6, 6.07) is 6.93. The van der Waals surface area contributed by atoms with Crippen LogP contribution in [0.5, 0.6) is 0 Å². The molecule has 91 valence electrons. The van der Waals surface area contributed by atoms with E-state index in [0.717, 1.165) is 11.8 Å². The fourth-order valence-corrected chi connectivity index (χ4v) is 2.94. The van der Waals surface area contributed by atoms with Gasteiger partial charge in [-0.15, -0.1) is 0 Å². The van der Waals surface area contributed by atoms with Crippen LogP contribution in [0.15, 0.2) is 18.2 Å². The predicted molar refractivity (Wildman–Crippen MR) is 70.6 cm³/mol. The second-order valence-electron chi connectivity index (χ2n) is 5.59. The molecule has 1 aromatic carbocycles. The first kappa shape index (κ1) is 15.4. The second-order valence-corrected chi connectivity index (χ2v) is 5.59. The molecule has 1 aliphatic rings. The molecule has 1 fully saturated rings. The molecule has 0 saturated heterocycles. The predicted octanol–water partition coefficient (Wildman–Crippen LogP) is 4.80. The number of hydrogen-bond donors (Lipinski definition) is 0. The standard InChI is InChI=1S/C16H23.Y/c1-11-5-8-16(14(4)9-11)15-7-6-12(2)13(3)10-15;/h5,8-9,12,15H,6-7,10H2,1-4H3;/q-1;. The van der Waals surface area contributed by atoms with Gasteiger partial charge in [0, 0.05) is 32.7 Å². The first-order valence-corrected chi connectivity index (χ1v) is 6.47. The molecule has 0 heterocycles. The van der Waals surface area contributed by atoms with E-state index in [9.17, 15) is 0 Å². The van der Waals surface area contributed by atoms with Gasteiger partial charge in [-0.3, -0.25) is 0 Å². The maximum absolute atomic E-state index is 2.37. The maximum Gasteiger partial charge on any atom is 0 e. The Labute approximate surface area is 131 Å². The van der Waals surface area contributed by atoms with Crippen molar-refractivity contribution in [3.8, 4) is 0 Å². The van der Waals surface area contributed by atoms with E-state index in [0.29, 0.717) is 0 Å². The molecular formula is C16H23Y-. The van der Waals surface area contributed by atoms with E-state index in [2.05, 4.69) is 45.9 Å². The van der Waals surface area contributed by atoms with Crippen molar-refractivity contribution in [2.75, 3.05) is 0 Å². The summed E-state index contributed by atoms with van der Waals surface area (Å²) in [5, 5.41) is 0. The number of aryl methyl sites for hydroxylation is 2. The zero-order valence-electron chi connectivity index (χ0n) is 11.6. The molecule has 1 aromatic rings. The van der Waals surface area contributed by atoms with Crippen molar-refractivity contribution in [2.24, 2.45) is 5.92 Å². The van der Waals surface area contributed by atoms with Crippen molar-refractivity contribution in [1.82, 2.24) is 0 Å². The SMILES string of the molecule is Cc1ccc(C2CCC(C)[C-](C)C2)c(C)c1.[Y]. The van der Waals surface area contributed by atoms with Crippen molar-refractivity contribution in [3.05, 3.63) is 40.8 Å². The maximum atomic E-state index is 2.37. The quantitative estimate of drug-likeness (QED) is 0.654. The van der Waals surface area contributed by atoms with Gasteiger partial charge in [0.2, 0.25) is 0 Å². The van der Waals surface area contributed by atoms with Crippen molar-refractivity contribution >= 4 is 0 Å². The molecule has 1 heteroatoms. The Kier molecular flexibility index (Phi) is 5.86. The Morgan fingerprint density at radius 1 is 1.18 bits per heavy atom. The molecule has 0 aliphatic heterocycles. The van der Waals surface area contributed by atoms with Crippen LogP contribution in [0.25, 0.3) is 0 Å². The molecule has 0 spiro atoms. The van der Waals surface area contributed by atoms with E-state index in [4.69, 9.17) is 0 Å². The van der Waals surface area contributed by atoms with Gasteiger partial charge in [-0.05, 0) is 30.9 Å². The van der Waals surface area contributed by atoms with Gasteiger partial charge < -0.3 is 5.92 Å². The van der Waals surface area contributed by atoms with Crippen LogP contribution in [0.1, 0.15) is 55.7 Å². The Morgan fingerprint density at radius 2 is 1.88 bits per heavy atom. The largest absolute Gasteiger partial charge is 0.313 e. The van der Waals surface area contributed by atoms with E-state index < -0.39 is 0 Å². The normalized spacial score (nSPS) is 25.4. The summed E-state index contributed by atoms with van der Waals surface area (Å²) >= 11 is 0. The minimum absolute atomic E-state index is 0. The van der Waals surface area contributed by atoms with E-state index in [1.807, 2.05) is 0 Å². The van der Waals surface area contributed by atoms with E-state index in [-0.39, 0.29) is 32.7 Å². The van der Waals surface area contributed by atoms with Gasteiger partial charge in [-0.25, -0.2) is 0 Å². The molecule has 1 aliphatic carbocycles. The summed E-state index contributed by atoms with van der Waals surface area (Å²) in [7, 11) is 0. The van der Waals surface area contributed by atoms with Crippen molar-refractivity contribution in [3.63, 3.8) is 0 Å². The molecule has 0 aromatic heterocycles. The molecule has 1 radical (unpaired) electrons. The average Bonchev–Trinajstić information content (AvgIpc) is 2.22. The van der Waals surface area contributed by atoms with Crippen LogP contribution in [0, 0.1) is 25.7 Å². The summed E-state index contributed by atoms with van der Waals surface area (Å²) in [5.74, 6) is 3.30. The number of rotatable bonds is 1. The Balaban J connectivity index is 0.00000144. The van der Waals surface area contributed by atoms with Gasteiger partial charge in [-0.2, -0.15) is 19.3 Å². The van der Waals surface area contributed by atoms with Crippen molar-refractivity contribution < 1.29 is 32.7 Å². The molecule has 2 unspecified atom stereocenters. The molecule has 0 amide bonds. The van der Waals surface area contributed by atoms with Crippen LogP contribution in [0.4, 0.5) is 0 Å². The van der Waals surface area contributed by atoms with Crippen LogP contribution in [-0.4, -0.2) is 0 Å². The van der Waals surface area contributed by atoms with E-state index in [1.165, 1.54) is 30.4 Å². The summed E-state index contributed by atoms with van der Waals surface area (Å²) in [6.07, 6.45) is 4.03. The second kappa shape index (κ2) is 6.48. The van der Waals surface area contributed by atoms with E-state index in [1.54, 1.807) is 11.5 Å². The molecular weight excluding hydrogens is 281 g/mol. The van der Waals surface area contributed by atoms with Crippen LogP contribution >= 0.6 is 0 Å². The molecule has 1 saturated carbocycles. The summed E-state index contributed by atoms with van der Waals surface area (Å²) in [6.45, 7) is 9.14. The Bertz CT molecular complexity index is 370. The van der Waals surface area contributed by atoms with Crippen LogP contribution in [0.2, 0.25) is 0 Å². The summed E-state index contributed by atoms with van der Waals surface area (Å²) in [5.41, 5.74) is 4.44.